The molecule has 0 saturated heterocycles. The first-order chi connectivity index (χ1) is 17.3. The van der Waals surface area contributed by atoms with E-state index in [1.165, 1.54) is 7.11 Å². The van der Waals surface area contributed by atoms with E-state index in [1.807, 2.05) is 27.7 Å². The highest BCUT2D eigenvalue weighted by Gasteiger charge is 2.30. The molecule has 2 aromatic heterocycles. The van der Waals surface area contributed by atoms with Crippen LogP contribution in [0.2, 0.25) is 0 Å². The number of carbonyl (C=O) groups excluding carboxylic acids is 1. The summed E-state index contributed by atoms with van der Waals surface area (Å²) in [6.45, 7) is 6.71. The van der Waals surface area contributed by atoms with Crippen molar-refractivity contribution in [2.45, 2.75) is 71.0 Å². The summed E-state index contributed by atoms with van der Waals surface area (Å²) in [6, 6.07) is 5.43. The number of alkyl halides is 3. The van der Waals surface area contributed by atoms with Gasteiger partial charge in [-0.2, -0.15) is 13.2 Å². The highest BCUT2D eigenvalue weighted by atomic mass is 19.4. The van der Waals surface area contributed by atoms with Gasteiger partial charge in [0.1, 0.15) is 12.2 Å². The van der Waals surface area contributed by atoms with Gasteiger partial charge in [-0.3, -0.25) is 4.79 Å². The first-order valence-corrected chi connectivity index (χ1v) is 12.3. The monoisotopic (exact) mass is 519 g/mol. The Kier molecular flexibility index (Phi) is 7.34. The molecule has 11 heteroatoms. The Morgan fingerprint density at radius 1 is 1.16 bits per heavy atom. The van der Waals surface area contributed by atoms with Crippen molar-refractivity contribution in [1.29, 1.82) is 0 Å². The van der Waals surface area contributed by atoms with Crippen LogP contribution in [0.1, 0.15) is 57.6 Å². The third kappa shape index (κ3) is 6.31. The van der Waals surface area contributed by atoms with Crippen molar-refractivity contribution in [3.63, 3.8) is 0 Å². The number of ether oxygens (including phenoxy) is 1. The molecule has 0 radical (unpaired) electrons. The number of esters is 1. The number of carbonyl (C=O) groups is 1. The van der Waals surface area contributed by atoms with Gasteiger partial charge in [-0.1, -0.05) is 32.3 Å². The fourth-order valence-corrected chi connectivity index (χ4v) is 4.74. The van der Waals surface area contributed by atoms with E-state index in [2.05, 4.69) is 20.8 Å². The van der Waals surface area contributed by atoms with Crippen molar-refractivity contribution < 1.29 is 27.1 Å². The van der Waals surface area contributed by atoms with Crippen molar-refractivity contribution in [3.8, 4) is 11.6 Å². The second kappa shape index (κ2) is 10.2. The van der Waals surface area contributed by atoms with Crippen molar-refractivity contribution in [3.05, 3.63) is 29.3 Å². The number of pyridine rings is 1. The molecular formula is C26H32F3N5O3. The Balaban J connectivity index is 1.63. The lowest BCUT2D eigenvalue weighted by Crippen LogP contribution is -2.31. The average Bonchev–Trinajstić information content (AvgIpc) is 3.29. The second-order valence-corrected chi connectivity index (χ2v) is 10.6. The van der Waals surface area contributed by atoms with E-state index in [-0.39, 0.29) is 35.2 Å². The van der Waals surface area contributed by atoms with Crippen LogP contribution in [-0.2, 0) is 14.9 Å². The number of rotatable bonds is 6. The van der Waals surface area contributed by atoms with Crippen molar-refractivity contribution in [1.82, 2.24) is 15.2 Å². The standard InChI is InChI=1S/C26H32F3N5O3/c1-14-9-20(22-33-34-24(37-22)31-16-8-6-7-15(10-16)23(35)36-5)32-21-18(14)11-17(30-13-26(27,28)29)12-19(21)25(2,3)4/h9,11-12,15-16,30H,6-8,10,13H2,1-5H3,(H,31,34). The van der Waals surface area contributed by atoms with Gasteiger partial charge in [0.15, 0.2) is 0 Å². The summed E-state index contributed by atoms with van der Waals surface area (Å²) >= 11 is 0. The van der Waals surface area contributed by atoms with Crippen molar-refractivity contribution in [2.75, 3.05) is 24.3 Å². The Labute approximate surface area is 213 Å². The zero-order valence-electron chi connectivity index (χ0n) is 21.6. The Bertz CT molecular complexity index is 1280. The predicted octanol–water partition coefficient (Wildman–Crippen LogP) is 6.01. The third-order valence-corrected chi connectivity index (χ3v) is 6.60. The molecule has 1 aliphatic rings. The number of methoxy groups -OCH3 is 1. The number of fused-ring (bicyclic) bond motifs is 1. The molecule has 4 rings (SSSR count). The molecule has 8 nitrogen and oxygen atoms in total. The predicted molar refractivity (Wildman–Crippen MR) is 134 cm³/mol. The Morgan fingerprint density at radius 2 is 1.92 bits per heavy atom. The number of hydrogen-bond donors (Lipinski definition) is 2. The summed E-state index contributed by atoms with van der Waals surface area (Å²) in [5.41, 5.74) is 2.76. The van der Waals surface area contributed by atoms with Gasteiger partial charge < -0.3 is 19.8 Å². The molecule has 2 heterocycles. The van der Waals surface area contributed by atoms with Crippen LogP contribution in [0.3, 0.4) is 0 Å². The molecule has 1 aromatic carbocycles. The number of benzene rings is 1. The zero-order chi connectivity index (χ0) is 27.0. The molecule has 2 atom stereocenters. The highest BCUT2D eigenvalue weighted by molar-refractivity contribution is 5.90. The first-order valence-electron chi connectivity index (χ1n) is 12.3. The highest BCUT2D eigenvalue weighted by Crippen LogP contribution is 2.36. The minimum absolute atomic E-state index is 0.00700. The largest absolute Gasteiger partial charge is 0.469 e. The maximum Gasteiger partial charge on any atom is 0.405 e. The summed E-state index contributed by atoms with van der Waals surface area (Å²) in [5, 5.41) is 14.7. The maximum absolute atomic E-state index is 12.8. The van der Waals surface area contributed by atoms with E-state index < -0.39 is 12.7 Å². The fourth-order valence-electron chi connectivity index (χ4n) is 4.74. The summed E-state index contributed by atoms with van der Waals surface area (Å²) < 4.78 is 49.2. The molecule has 3 aromatic rings. The minimum Gasteiger partial charge on any atom is -0.469 e. The van der Waals surface area contributed by atoms with Crippen LogP contribution in [0.4, 0.5) is 24.9 Å². The summed E-state index contributed by atoms with van der Waals surface area (Å²) in [7, 11) is 1.40. The van der Waals surface area contributed by atoms with Crippen LogP contribution in [0.25, 0.3) is 22.5 Å². The van der Waals surface area contributed by atoms with Crippen LogP contribution in [0, 0.1) is 12.8 Å². The van der Waals surface area contributed by atoms with E-state index in [0.717, 1.165) is 35.8 Å². The molecular weight excluding hydrogens is 487 g/mol. The molecule has 200 valence electrons. The molecule has 2 N–H and O–H groups in total. The van der Waals surface area contributed by atoms with Gasteiger partial charge in [0.05, 0.1) is 18.5 Å². The number of anilines is 2. The first kappa shape index (κ1) is 26.7. The lowest BCUT2D eigenvalue weighted by Gasteiger charge is -2.27. The van der Waals surface area contributed by atoms with E-state index in [0.29, 0.717) is 23.3 Å². The second-order valence-electron chi connectivity index (χ2n) is 10.6. The fraction of sp³-hybridized carbons (Fsp3) is 0.538. The molecule has 1 fully saturated rings. The Hall–Kier alpha value is -3.37. The number of hydrogen-bond acceptors (Lipinski definition) is 8. The lowest BCUT2D eigenvalue weighted by atomic mass is 9.84. The van der Waals surface area contributed by atoms with Gasteiger partial charge in [-0.05, 0) is 60.9 Å². The molecule has 1 aliphatic carbocycles. The quantitative estimate of drug-likeness (QED) is 0.382. The minimum atomic E-state index is -4.32. The van der Waals surface area contributed by atoms with Gasteiger partial charge in [0.2, 0.25) is 0 Å². The van der Waals surface area contributed by atoms with E-state index in [1.54, 1.807) is 18.2 Å². The molecule has 2 unspecified atom stereocenters. The molecule has 0 bridgehead atoms. The summed E-state index contributed by atoms with van der Waals surface area (Å²) in [4.78, 5) is 16.7. The van der Waals surface area contributed by atoms with E-state index >= 15 is 0 Å². The van der Waals surface area contributed by atoms with Gasteiger partial charge in [-0.25, -0.2) is 4.98 Å². The third-order valence-electron chi connectivity index (χ3n) is 6.60. The van der Waals surface area contributed by atoms with Gasteiger partial charge in [0.25, 0.3) is 5.89 Å². The van der Waals surface area contributed by atoms with Crippen LogP contribution >= 0.6 is 0 Å². The number of aryl methyl sites for hydroxylation is 1. The van der Waals surface area contributed by atoms with Crippen LogP contribution in [-0.4, -0.2) is 47.0 Å². The van der Waals surface area contributed by atoms with E-state index in [4.69, 9.17) is 14.1 Å². The Morgan fingerprint density at radius 3 is 2.59 bits per heavy atom. The number of nitrogens with one attached hydrogen (secondary N) is 2. The van der Waals surface area contributed by atoms with Crippen LogP contribution in [0.15, 0.2) is 22.6 Å². The number of halogens is 3. The van der Waals surface area contributed by atoms with Gasteiger partial charge >= 0.3 is 18.2 Å². The van der Waals surface area contributed by atoms with Gasteiger partial charge in [0, 0.05) is 17.1 Å². The average molecular weight is 520 g/mol. The topological polar surface area (TPSA) is 102 Å². The smallest absolute Gasteiger partial charge is 0.405 e. The van der Waals surface area contributed by atoms with Crippen LogP contribution < -0.4 is 10.6 Å². The van der Waals surface area contributed by atoms with Crippen LogP contribution in [0.5, 0.6) is 0 Å². The molecule has 1 saturated carbocycles. The van der Waals surface area contributed by atoms with Gasteiger partial charge in [-0.15, -0.1) is 5.10 Å². The molecule has 0 amide bonds. The normalized spacial score (nSPS) is 18.6. The molecule has 37 heavy (non-hydrogen) atoms. The van der Waals surface area contributed by atoms with Crippen molar-refractivity contribution in [2.24, 2.45) is 5.92 Å². The lowest BCUT2D eigenvalue weighted by molar-refractivity contribution is -0.146. The summed E-state index contributed by atoms with van der Waals surface area (Å²) in [5.74, 6) is -0.137. The molecule has 0 aliphatic heterocycles. The molecule has 0 spiro atoms. The number of aromatic nitrogens is 3. The number of nitrogens with zero attached hydrogens (tertiary/aromatic N) is 3. The summed E-state index contributed by atoms with van der Waals surface area (Å²) in [6.07, 6.45) is -1.14. The maximum atomic E-state index is 12.8. The van der Waals surface area contributed by atoms with E-state index in [9.17, 15) is 18.0 Å². The van der Waals surface area contributed by atoms with Crippen molar-refractivity contribution >= 4 is 28.6 Å². The zero-order valence-corrected chi connectivity index (χ0v) is 21.6. The SMILES string of the molecule is COC(=O)C1CCCC(Nc2nnc(-c3cc(C)c4cc(NCC(F)(F)F)cc(C(C)(C)C)c4n3)o2)C1.